The summed E-state index contributed by atoms with van der Waals surface area (Å²) in [4.78, 5) is 23.4. The van der Waals surface area contributed by atoms with Crippen molar-refractivity contribution in [3.8, 4) is 5.75 Å². The number of aromatic nitrogens is 3. The quantitative estimate of drug-likeness (QED) is 0.629. The van der Waals surface area contributed by atoms with Crippen molar-refractivity contribution in [3.05, 3.63) is 65.7 Å². The number of carbonyl (C=O) groups is 1. The highest BCUT2D eigenvalue weighted by Gasteiger charge is 2.26. The van der Waals surface area contributed by atoms with Crippen LogP contribution in [0.3, 0.4) is 0 Å². The molecule has 1 aliphatic rings. The number of carbonyl (C=O) groups excluding carboxylic acids is 1. The van der Waals surface area contributed by atoms with E-state index in [9.17, 15) is 4.79 Å². The fourth-order valence-electron chi connectivity index (χ4n) is 3.58. The third-order valence-electron chi connectivity index (χ3n) is 5.31. The van der Waals surface area contributed by atoms with Crippen molar-refractivity contribution in [3.63, 3.8) is 0 Å². The molecule has 1 aliphatic heterocycles. The Morgan fingerprint density at radius 1 is 1.20 bits per heavy atom. The molecule has 0 bridgehead atoms. The molecule has 4 rings (SSSR count). The van der Waals surface area contributed by atoms with E-state index in [0.29, 0.717) is 13.0 Å². The van der Waals surface area contributed by atoms with Gasteiger partial charge in [0, 0.05) is 55.9 Å². The SMILES string of the molecule is COc1cccc(Cc2nsc(N3CCC(C(=O)NCc4ccncc4)CC3)n2)c1. The highest BCUT2D eigenvalue weighted by atomic mass is 32.1. The summed E-state index contributed by atoms with van der Waals surface area (Å²) >= 11 is 1.43. The molecule has 0 spiro atoms. The first kappa shape index (κ1) is 20.3. The normalized spacial score (nSPS) is 14.5. The zero-order valence-electron chi connectivity index (χ0n) is 17.0. The monoisotopic (exact) mass is 423 g/mol. The number of nitrogens with zero attached hydrogens (tertiary/aromatic N) is 4. The summed E-state index contributed by atoms with van der Waals surface area (Å²) in [6.07, 6.45) is 5.82. The van der Waals surface area contributed by atoms with E-state index in [2.05, 4.69) is 25.6 Å². The van der Waals surface area contributed by atoms with Gasteiger partial charge in [-0.15, -0.1) is 0 Å². The van der Waals surface area contributed by atoms with Crippen molar-refractivity contribution >= 4 is 22.6 Å². The van der Waals surface area contributed by atoms with Crippen LogP contribution >= 0.6 is 11.5 Å². The van der Waals surface area contributed by atoms with Gasteiger partial charge in [0.2, 0.25) is 11.0 Å². The lowest BCUT2D eigenvalue weighted by Gasteiger charge is -2.30. The highest BCUT2D eigenvalue weighted by molar-refractivity contribution is 7.09. The molecule has 0 saturated carbocycles. The average molecular weight is 424 g/mol. The Labute approximate surface area is 180 Å². The Kier molecular flexibility index (Phi) is 6.53. The molecular weight excluding hydrogens is 398 g/mol. The zero-order chi connectivity index (χ0) is 20.8. The van der Waals surface area contributed by atoms with Crippen LogP contribution in [-0.2, 0) is 17.8 Å². The van der Waals surface area contributed by atoms with Gasteiger partial charge >= 0.3 is 0 Å². The van der Waals surface area contributed by atoms with Crippen LogP contribution in [0.5, 0.6) is 5.75 Å². The number of amides is 1. The van der Waals surface area contributed by atoms with Gasteiger partial charge in [-0.3, -0.25) is 9.78 Å². The summed E-state index contributed by atoms with van der Waals surface area (Å²) in [5, 5.41) is 3.98. The van der Waals surface area contributed by atoms with Crippen LogP contribution in [0.15, 0.2) is 48.8 Å². The van der Waals surface area contributed by atoms with Gasteiger partial charge in [-0.2, -0.15) is 4.37 Å². The molecule has 0 radical (unpaired) electrons. The molecule has 1 saturated heterocycles. The standard InChI is InChI=1S/C22H25N5O2S/c1-29-19-4-2-3-17(13-19)14-20-25-22(30-26-20)27-11-7-18(8-12-27)21(28)24-15-16-5-9-23-10-6-16/h2-6,9-10,13,18H,7-8,11-12,14-15H2,1H3,(H,24,28). The van der Waals surface area contributed by atoms with Crippen LogP contribution in [0.25, 0.3) is 0 Å². The number of ether oxygens (including phenoxy) is 1. The number of rotatable bonds is 7. The first-order chi connectivity index (χ1) is 14.7. The number of pyridine rings is 1. The molecule has 0 unspecified atom stereocenters. The first-order valence-electron chi connectivity index (χ1n) is 10.1. The van der Waals surface area contributed by atoms with Crippen molar-refractivity contribution in [1.29, 1.82) is 0 Å². The summed E-state index contributed by atoms with van der Waals surface area (Å²) in [6.45, 7) is 2.19. The Bertz CT molecular complexity index is 970. The van der Waals surface area contributed by atoms with Crippen molar-refractivity contribution in [2.75, 3.05) is 25.1 Å². The highest BCUT2D eigenvalue weighted by Crippen LogP contribution is 2.26. The third-order valence-corrected chi connectivity index (χ3v) is 6.12. The van der Waals surface area contributed by atoms with Gasteiger partial charge in [0.25, 0.3) is 0 Å². The van der Waals surface area contributed by atoms with E-state index in [1.54, 1.807) is 19.5 Å². The molecule has 1 aromatic carbocycles. The lowest BCUT2D eigenvalue weighted by molar-refractivity contribution is -0.125. The maximum atomic E-state index is 12.5. The molecule has 2 aromatic heterocycles. The number of benzene rings is 1. The van der Waals surface area contributed by atoms with E-state index in [1.165, 1.54) is 11.5 Å². The van der Waals surface area contributed by atoms with Crippen molar-refractivity contribution in [1.82, 2.24) is 19.7 Å². The second kappa shape index (κ2) is 9.67. The smallest absolute Gasteiger partial charge is 0.223 e. The Hall–Kier alpha value is -3.00. The van der Waals surface area contributed by atoms with Gasteiger partial charge in [0.05, 0.1) is 7.11 Å². The first-order valence-corrected chi connectivity index (χ1v) is 10.9. The molecule has 1 fully saturated rings. The minimum absolute atomic E-state index is 0.0484. The van der Waals surface area contributed by atoms with Gasteiger partial charge in [0.1, 0.15) is 11.6 Å². The molecule has 1 amide bonds. The second-order valence-corrected chi connectivity index (χ2v) is 8.09. The van der Waals surface area contributed by atoms with Crippen LogP contribution in [-0.4, -0.2) is 40.4 Å². The summed E-state index contributed by atoms with van der Waals surface area (Å²) in [5.74, 6) is 1.84. The fraction of sp³-hybridized carbons (Fsp3) is 0.364. The van der Waals surface area contributed by atoms with Crippen LogP contribution in [0.1, 0.15) is 29.8 Å². The summed E-state index contributed by atoms with van der Waals surface area (Å²) in [6, 6.07) is 11.8. The van der Waals surface area contributed by atoms with E-state index >= 15 is 0 Å². The molecule has 156 valence electrons. The Balaban J connectivity index is 1.27. The lowest BCUT2D eigenvalue weighted by Crippen LogP contribution is -2.40. The summed E-state index contributed by atoms with van der Waals surface area (Å²) < 4.78 is 9.81. The minimum Gasteiger partial charge on any atom is -0.497 e. The van der Waals surface area contributed by atoms with E-state index in [-0.39, 0.29) is 11.8 Å². The van der Waals surface area contributed by atoms with E-state index in [1.807, 2.05) is 30.3 Å². The van der Waals surface area contributed by atoms with Crippen molar-refractivity contribution in [2.45, 2.75) is 25.8 Å². The lowest BCUT2D eigenvalue weighted by atomic mass is 9.96. The van der Waals surface area contributed by atoms with Gasteiger partial charge in [0.15, 0.2) is 0 Å². The van der Waals surface area contributed by atoms with Crippen LogP contribution in [0.4, 0.5) is 5.13 Å². The molecule has 3 heterocycles. The van der Waals surface area contributed by atoms with Gasteiger partial charge in [-0.05, 0) is 48.2 Å². The van der Waals surface area contributed by atoms with Crippen molar-refractivity contribution < 1.29 is 9.53 Å². The summed E-state index contributed by atoms with van der Waals surface area (Å²) in [7, 11) is 1.67. The molecule has 1 N–H and O–H groups in total. The van der Waals surface area contributed by atoms with E-state index in [0.717, 1.165) is 53.8 Å². The Morgan fingerprint density at radius 3 is 2.77 bits per heavy atom. The summed E-state index contributed by atoms with van der Waals surface area (Å²) in [5.41, 5.74) is 2.19. The number of piperidine rings is 1. The maximum Gasteiger partial charge on any atom is 0.223 e. The topological polar surface area (TPSA) is 80.2 Å². The third kappa shape index (κ3) is 5.13. The second-order valence-electron chi connectivity index (χ2n) is 7.36. The molecular formula is C22H25N5O2S. The Morgan fingerprint density at radius 2 is 2.00 bits per heavy atom. The maximum absolute atomic E-state index is 12.5. The van der Waals surface area contributed by atoms with Gasteiger partial charge < -0.3 is 15.0 Å². The van der Waals surface area contributed by atoms with Crippen LogP contribution in [0.2, 0.25) is 0 Å². The molecule has 3 aromatic rings. The molecule has 7 nitrogen and oxygen atoms in total. The molecule has 0 atom stereocenters. The minimum atomic E-state index is 0.0484. The number of methoxy groups -OCH3 is 1. The van der Waals surface area contributed by atoms with Crippen LogP contribution in [0, 0.1) is 5.92 Å². The van der Waals surface area contributed by atoms with Crippen molar-refractivity contribution in [2.24, 2.45) is 5.92 Å². The largest absolute Gasteiger partial charge is 0.497 e. The number of hydrogen-bond acceptors (Lipinski definition) is 7. The molecule has 30 heavy (non-hydrogen) atoms. The van der Waals surface area contributed by atoms with Gasteiger partial charge in [-0.25, -0.2) is 4.98 Å². The van der Waals surface area contributed by atoms with E-state index < -0.39 is 0 Å². The molecule has 8 heteroatoms. The van der Waals surface area contributed by atoms with Crippen LogP contribution < -0.4 is 15.0 Å². The van der Waals surface area contributed by atoms with E-state index in [4.69, 9.17) is 9.72 Å². The predicted octanol–water partition coefficient (Wildman–Crippen LogP) is 3.07. The molecule has 0 aliphatic carbocycles. The average Bonchev–Trinajstić information content (AvgIpc) is 3.27. The fourth-order valence-corrected chi connectivity index (χ4v) is 4.31. The predicted molar refractivity (Wildman–Crippen MR) is 117 cm³/mol. The number of nitrogens with one attached hydrogen (secondary N) is 1. The number of anilines is 1. The van der Waals surface area contributed by atoms with Gasteiger partial charge in [-0.1, -0.05) is 12.1 Å². The number of hydrogen-bond donors (Lipinski definition) is 1. The zero-order valence-corrected chi connectivity index (χ0v) is 17.8.